The molecule has 0 atom stereocenters. The van der Waals surface area contributed by atoms with E-state index in [-0.39, 0.29) is 11.1 Å². The van der Waals surface area contributed by atoms with Crippen LogP contribution in [0.1, 0.15) is 59.8 Å². The third-order valence-corrected chi connectivity index (χ3v) is 5.14. The Balaban J connectivity index is 2.05. The molecule has 4 rings (SSSR count). The van der Waals surface area contributed by atoms with Gasteiger partial charge in [0.25, 0.3) is 5.56 Å². The normalized spacial score (nSPS) is 15.7. The minimum absolute atomic E-state index is 0.214. The number of hydrogen-bond donors (Lipinski definition) is 1. The molecule has 0 spiro atoms. The van der Waals surface area contributed by atoms with Crippen LogP contribution in [0.15, 0.2) is 28.3 Å². The Morgan fingerprint density at radius 2 is 2.00 bits per heavy atom. The third-order valence-electron chi connectivity index (χ3n) is 5.14. The van der Waals surface area contributed by atoms with Crippen LogP contribution in [0.25, 0.3) is 16.6 Å². The van der Waals surface area contributed by atoms with E-state index in [1.54, 1.807) is 25.3 Å². The van der Waals surface area contributed by atoms with E-state index in [1.165, 1.54) is 6.42 Å². The fourth-order valence-corrected chi connectivity index (χ4v) is 3.88. The van der Waals surface area contributed by atoms with Crippen molar-refractivity contribution >= 4 is 22.5 Å². The summed E-state index contributed by atoms with van der Waals surface area (Å²) in [4.78, 5) is 42.3. The highest BCUT2D eigenvalue weighted by atomic mass is 16.3. The summed E-state index contributed by atoms with van der Waals surface area (Å²) in [7, 11) is 0. The smallest absolute Gasteiger partial charge is 0.317 e. The largest absolute Gasteiger partial charge is 0.319 e. The lowest BCUT2D eigenvalue weighted by Crippen LogP contribution is -2.15. The number of amides is 1. The zero-order chi connectivity index (χ0) is 17.6. The van der Waals surface area contributed by atoms with Crippen molar-refractivity contribution < 1.29 is 4.79 Å². The summed E-state index contributed by atoms with van der Waals surface area (Å²) in [6.45, 7) is 1.72. The number of aryl methyl sites for hydroxylation is 1. The molecular formula is C18H18N4O3. The Kier molecular flexibility index (Phi) is 3.71. The van der Waals surface area contributed by atoms with Crippen molar-refractivity contribution in [1.29, 1.82) is 0 Å². The maximum absolute atomic E-state index is 12.4. The molecule has 1 aliphatic rings. The van der Waals surface area contributed by atoms with Crippen molar-refractivity contribution in [2.75, 3.05) is 0 Å². The monoisotopic (exact) mass is 338 g/mol. The number of aromatic amines is 1. The quantitative estimate of drug-likeness (QED) is 0.724. The molecular weight excluding hydrogens is 320 g/mol. The third kappa shape index (κ3) is 2.47. The molecule has 1 aliphatic carbocycles. The van der Waals surface area contributed by atoms with E-state index in [4.69, 9.17) is 0 Å². The van der Waals surface area contributed by atoms with Crippen molar-refractivity contribution in [3.8, 4) is 0 Å². The molecule has 1 saturated carbocycles. The van der Waals surface area contributed by atoms with Crippen LogP contribution >= 0.6 is 0 Å². The van der Waals surface area contributed by atoms with Crippen LogP contribution in [0.5, 0.6) is 0 Å². The first-order valence-corrected chi connectivity index (χ1v) is 8.52. The molecule has 2 heterocycles. The zero-order valence-corrected chi connectivity index (χ0v) is 13.9. The molecule has 0 unspecified atom stereocenters. The maximum Gasteiger partial charge on any atom is 0.317 e. The molecule has 0 aliphatic heterocycles. The predicted octanol–water partition coefficient (Wildman–Crippen LogP) is 3.44. The Bertz CT molecular complexity index is 1060. The molecule has 0 radical (unpaired) electrons. The number of imidazole rings is 1. The predicted molar refractivity (Wildman–Crippen MR) is 94.0 cm³/mol. The number of nitrogens with one attached hydrogen (secondary N) is 1. The minimum Gasteiger partial charge on any atom is -0.319 e. The van der Waals surface area contributed by atoms with E-state index in [0.717, 1.165) is 31.5 Å². The van der Waals surface area contributed by atoms with Crippen molar-refractivity contribution in [3.05, 3.63) is 50.5 Å². The van der Waals surface area contributed by atoms with E-state index >= 15 is 0 Å². The zero-order valence-electron chi connectivity index (χ0n) is 13.9. The number of nitroso groups, excluding NO2 is 1. The van der Waals surface area contributed by atoms with Gasteiger partial charge >= 0.3 is 5.91 Å². The van der Waals surface area contributed by atoms with Gasteiger partial charge in [-0.1, -0.05) is 19.3 Å². The standard InChI is InChI=1S/C18H18N4O3/c1-10-7-13-14(8-12(10)17(23)21-25)22-15(18(24)20-13)9-19-16(22)11-5-3-2-4-6-11/h7-9,11H,2-6H2,1H3,(H,20,24). The number of carbonyl (C=O) groups excluding carboxylic acids is 1. The first-order chi connectivity index (χ1) is 12.1. The number of fused-ring (bicyclic) bond motifs is 3. The molecule has 3 aromatic rings. The van der Waals surface area contributed by atoms with Crippen LogP contribution < -0.4 is 5.56 Å². The molecule has 7 nitrogen and oxygen atoms in total. The number of benzene rings is 1. The summed E-state index contributed by atoms with van der Waals surface area (Å²) < 4.78 is 1.84. The van der Waals surface area contributed by atoms with Crippen molar-refractivity contribution in [1.82, 2.24) is 14.4 Å². The van der Waals surface area contributed by atoms with Crippen molar-refractivity contribution in [2.45, 2.75) is 44.9 Å². The SMILES string of the molecule is Cc1cc2[nH]c(=O)c3cnc(C4CCCCC4)n3c2cc1C(=O)N=O. The summed E-state index contributed by atoms with van der Waals surface area (Å²) in [6.07, 6.45) is 7.20. The average Bonchev–Trinajstić information content (AvgIpc) is 3.07. The summed E-state index contributed by atoms with van der Waals surface area (Å²) in [5, 5.41) is 2.54. The highest BCUT2D eigenvalue weighted by molar-refractivity contribution is 5.99. The van der Waals surface area contributed by atoms with E-state index < -0.39 is 5.91 Å². The lowest BCUT2D eigenvalue weighted by molar-refractivity contribution is 0.100. The highest BCUT2D eigenvalue weighted by Gasteiger charge is 2.22. The topological polar surface area (TPSA) is 96.7 Å². The van der Waals surface area contributed by atoms with Crippen LogP contribution in [0.3, 0.4) is 0 Å². The average molecular weight is 338 g/mol. The maximum atomic E-state index is 12.4. The molecule has 0 bridgehead atoms. The highest BCUT2D eigenvalue weighted by Crippen LogP contribution is 2.33. The number of hydrogen-bond acceptors (Lipinski definition) is 4. The van der Waals surface area contributed by atoms with Gasteiger partial charge in [0.15, 0.2) is 0 Å². The molecule has 1 N–H and O–H groups in total. The fourth-order valence-electron chi connectivity index (χ4n) is 3.88. The van der Waals surface area contributed by atoms with Gasteiger partial charge in [-0.25, -0.2) is 4.98 Å². The van der Waals surface area contributed by atoms with E-state index in [9.17, 15) is 14.5 Å². The second kappa shape index (κ2) is 5.91. The number of aromatic nitrogens is 3. The first-order valence-electron chi connectivity index (χ1n) is 8.52. The van der Waals surface area contributed by atoms with E-state index in [2.05, 4.69) is 15.1 Å². The molecule has 0 saturated heterocycles. The van der Waals surface area contributed by atoms with Gasteiger partial charge in [0.05, 0.1) is 22.8 Å². The summed E-state index contributed by atoms with van der Waals surface area (Å²) in [5.41, 5.74) is 2.38. The van der Waals surface area contributed by atoms with Crippen LogP contribution in [0.4, 0.5) is 0 Å². The van der Waals surface area contributed by atoms with Crippen LogP contribution in [0.2, 0.25) is 0 Å². The molecule has 1 aromatic carbocycles. The molecule has 25 heavy (non-hydrogen) atoms. The summed E-state index contributed by atoms with van der Waals surface area (Å²) in [6, 6.07) is 3.34. The van der Waals surface area contributed by atoms with Gasteiger partial charge in [-0.15, -0.1) is 4.91 Å². The molecule has 128 valence electrons. The Labute approximate surface area is 143 Å². The second-order valence-corrected chi connectivity index (χ2v) is 6.71. The summed E-state index contributed by atoms with van der Waals surface area (Å²) >= 11 is 0. The molecule has 1 amide bonds. The number of rotatable bonds is 2. The molecule has 2 aromatic heterocycles. The molecule has 1 fully saturated rings. The molecule has 7 heteroatoms. The lowest BCUT2D eigenvalue weighted by atomic mass is 9.88. The van der Waals surface area contributed by atoms with Gasteiger partial charge < -0.3 is 4.98 Å². The number of H-pyrrole nitrogens is 1. The second-order valence-electron chi connectivity index (χ2n) is 6.71. The van der Waals surface area contributed by atoms with E-state index in [0.29, 0.717) is 28.0 Å². The summed E-state index contributed by atoms with van der Waals surface area (Å²) in [5.74, 6) is 0.344. The van der Waals surface area contributed by atoms with Gasteiger partial charge in [0.2, 0.25) is 0 Å². The Morgan fingerprint density at radius 1 is 1.24 bits per heavy atom. The van der Waals surface area contributed by atoms with Crippen LogP contribution in [0, 0.1) is 11.8 Å². The Hall–Kier alpha value is -2.83. The Morgan fingerprint density at radius 3 is 2.72 bits per heavy atom. The van der Waals surface area contributed by atoms with Gasteiger partial charge in [-0.05, 0) is 37.5 Å². The van der Waals surface area contributed by atoms with Gasteiger partial charge in [-0.2, -0.15) is 0 Å². The van der Waals surface area contributed by atoms with Crippen LogP contribution in [-0.4, -0.2) is 20.3 Å². The fraction of sp³-hybridized carbons (Fsp3) is 0.389. The van der Waals surface area contributed by atoms with Crippen molar-refractivity contribution in [2.24, 2.45) is 5.18 Å². The first kappa shape index (κ1) is 15.7. The minimum atomic E-state index is -0.807. The van der Waals surface area contributed by atoms with Gasteiger partial charge in [0, 0.05) is 11.1 Å². The van der Waals surface area contributed by atoms with E-state index in [1.807, 2.05) is 4.40 Å². The van der Waals surface area contributed by atoms with Gasteiger partial charge in [-0.3, -0.25) is 14.0 Å². The number of carbonyl (C=O) groups is 1. The van der Waals surface area contributed by atoms with Gasteiger partial charge in [0.1, 0.15) is 11.3 Å². The lowest BCUT2D eigenvalue weighted by Gasteiger charge is -2.21. The number of nitrogens with zero attached hydrogens (tertiary/aromatic N) is 3. The van der Waals surface area contributed by atoms with Crippen LogP contribution in [-0.2, 0) is 0 Å². The van der Waals surface area contributed by atoms with Crippen molar-refractivity contribution in [3.63, 3.8) is 0 Å².